The number of aliphatic carboxylic acids is 1. The number of urea groups is 1. The number of carbonyl (C=O) groups is 2. The predicted molar refractivity (Wildman–Crippen MR) is 77.1 cm³/mol. The lowest BCUT2D eigenvalue weighted by Crippen LogP contribution is -2.50. The van der Waals surface area contributed by atoms with E-state index in [9.17, 15) is 9.59 Å². The van der Waals surface area contributed by atoms with Crippen LogP contribution in [-0.2, 0) is 16.1 Å². The number of carboxylic acids is 1. The van der Waals surface area contributed by atoms with Gasteiger partial charge in [0.25, 0.3) is 0 Å². The fourth-order valence-electron chi connectivity index (χ4n) is 1.68. The van der Waals surface area contributed by atoms with E-state index in [1.807, 2.05) is 0 Å². The number of carbonyl (C=O) groups excluding carboxylic acids is 1. The Morgan fingerprint density at radius 2 is 2.14 bits per heavy atom. The Hall–Kier alpha value is -2.09. The molecule has 0 spiro atoms. The molecular formula is C13H22N4O4. The van der Waals surface area contributed by atoms with Crippen LogP contribution in [0.4, 0.5) is 10.5 Å². The number of ether oxygens (including phenoxy) is 1. The van der Waals surface area contributed by atoms with E-state index in [1.54, 1.807) is 38.8 Å². The largest absolute Gasteiger partial charge is 0.480 e. The molecule has 0 saturated carbocycles. The fraction of sp³-hybridized carbons (Fsp3) is 0.615. The molecule has 0 unspecified atom stereocenters. The molecule has 1 heterocycles. The minimum atomic E-state index is -1.08. The van der Waals surface area contributed by atoms with Crippen LogP contribution in [0.15, 0.2) is 12.4 Å². The molecule has 2 amide bonds. The maximum absolute atomic E-state index is 11.9. The van der Waals surface area contributed by atoms with Crippen molar-refractivity contribution in [2.45, 2.75) is 33.4 Å². The molecule has 0 aliphatic rings. The number of nitrogens with zero attached hydrogens (tertiary/aromatic N) is 2. The van der Waals surface area contributed by atoms with Crippen molar-refractivity contribution in [3.05, 3.63) is 12.4 Å². The molecule has 0 aliphatic heterocycles. The van der Waals surface area contributed by atoms with Crippen LogP contribution in [0.3, 0.4) is 0 Å². The Bertz CT molecular complexity index is 493. The smallest absolute Gasteiger partial charge is 0.326 e. The monoisotopic (exact) mass is 298 g/mol. The van der Waals surface area contributed by atoms with Crippen LogP contribution in [0.5, 0.6) is 0 Å². The topological polar surface area (TPSA) is 105 Å². The Labute approximate surface area is 123 Å². The highest BCUT2D eigenvalue weighted by atomic mass is 16.5. The van der Waals surface area contributed by atoms with E-state index < -0.39 is 23.5 Å². The van der Waals surface area contributed by atoms with E-state index in [2.05, 4.69) is 15.7 Å². The van der Waals surface area contributed by atoms with Crippen LogP contribution in [0, 0.1) is 5.41 Å². The molecule has 0 radical (unpaired) electrons. The van der Waals surface area contributed by atoms with Gasteiger partial charge in [0.05, 0.1) is 25.0 Å². The van der Waals surface area contributed by atoms with Gasteiger partial charge in [0.2, 0.25) is 0 Å². The molecule has 0 aromatic carbocycles. The number of hydrogen-bond donors (Lipinski definition) is 3. The first-order valence-electron chi connectivity index (χ1n) is 6.55. The van der Waals surface area contributed by atoms with Gasteiger partial charge in [0.1, 0.15) is 6.04 Å². The van der Waals surface area contributed by atoms with E-state index in [4.69, 9.17) is 9.84 Å². The van der Waals surface area contributed by atoms with Crippen molar-refractivity contribution >= 4 is 17.7 Å². The van der Waals surface area contributed by atoms with Gasteiger partial charge in [-0.2, -0.15) is 5.10 Å². The van der Waals surface area contributed by atoms with Crippen molar-refractivity contribution in [1.29, 1.82) is 0 Å². The predicted octanol–water partition coefficient (Wildman–Crippen LogP) is 1.15. The van der Waals surface area contributed by atoms with Crippen LogP contribution in [-0.4, -0.2) is 46.6 Å². The van der Waals surface area contributed by atoms with Crippen LogP contribution in [0.2, 0.25) is 0 Å². The van der Waals surface area contributed by atoms with Crippen LogP contribution in [0.1, 0.15) is 20.8 Å². The number of nitrogens with one attached hydrogen (secondary N) is 2. The zero-order chi connectivity index (χ0) is 16.0. The van der Waals surface area contributed by atoms with Gasteiger partial charge in [-0.1, -0.05) is 20.8 Å². The molecule has 8 nitrogen and oxygen atoms in total. The van der Waals surface area contributed by atoms with Crippen molar-refractivity contribution in [3.8, 4) is 0 Å². The highest BCUT2D eigenvalue weighted by Crippen LogP contribution is 2.19. The summed E-state index contributed by atoms with van der Waals surface area (Å²) in [5, 5.41) is 18.2. The Balaban J connectivity index is 2.60. The lowest BCUT2D eigenvalue weighted by Gasteiger charge is -2.27. The van der Waals surface area contributed by atoms with Gasteiger partial charge >= 0.3 is 12.0 Å². The molecule has 21 heavy (non-hydrogen) atoms. The van der Waals surface area contributed by atoms with Crippen molar-refractivity contribution in [2.24, 2.45) is 5.41 Å². The standard InChI is InChI=1S/C13H22N4O4/c1-13(2,3)10(11(18)19)16-12(20)15-9-7-14-17(8-9)5-6-21-4/h7-8,10H,5-6H2,1-4H3,(H,18,19)(H2,15,16,20)/t10-/m1/s1. The highest BCUT2D eigenvalue weighted by Gasteiger charge is 2.32. The number of methoxy groups -OCH3 is 1. The average Bonchev–Trinajstić information content (AvgIpc) is 2.79. The second kappa shape index (κ2) is 7.07. The molecule has 118 valence electrons. The Morgan fingerprint density at radius 3 is 2.67 bits per heavy atom. The van der Waals surface area contributed by atoms with Gasteiger partial charge in [-0.25, -0.2) is 9.59 Å². The Morgan fingerprint density at radius 1 is 1.48 bits per heavy atom. The average molecular weight is 298 g/mol. The first kappa shape index (κ1) is 17.0. The van der Waals surface area contributed by atoms with Gasteiger partial charge in [-0.3, -0.25) is 4.68 Å². The van der Waals surface area contributed by atoms with E-state index in [0.717, 1.165) is 0 Å². The fourth-order valence-corrected chi connectivity index (χ4v) is 1.68. The minimum absolute atomic E-state index is 0.488. The third kappa shape index (κ3) is 5.42. The number of amides is 2. The second-order valence-electron chi connectivity index (χ2n) is 5.72. The third-order valence-corrected chi connectivity index (χ3v) is 2.80. The number of carboxylic acid groups (broad SMARTS) is 1. The molecule has 0 bridgehead atoms. The number of hydrogen-bond acceptors (Lipinski definition) is 4. The minimum Gasteiger partial charge on any atom is -0.480 e. The molecule has 3 N–H and O–H groups in total. The normalized spacial score (nSPS) is 12.8. The van der Waals surface area contributed by atoms with E-state index >= 15 is 0 Å². The maximum Gasteiger partial charge on any atom is 0.326 e. The number of anilines is 1. The molecule has 1 aromatic heterocycles. The van der Waals surface area contributed by atoms with E-state index in [1.165, 1.54) is 6.20 Å². The molecule has 8 heteroatoms. The SMILES string of the molecule is COCCn1cc(NC(=O)N[C@H](C(=O)O)C(C)(C)C)cn1. The molecule has 0 aliphatic carbocycles. The van der Waals surface area contributed by atoms with E-state index in [-0.39, 0.29) is 0 Å². The van der Waals surface area contributed by atoms with Crippen LogP contribution in [0.25, 0.3) is 0 Å². The molecule has 1 atom stereocenters. The van der Waals surface area contributed by atoms with Gasteiger partial charge in [-0.15, -0.1) is 0 Å². The first-order valence-corrected chi connectivity index (χ1v) is 6.55. The quantitative estimate of drug-likeness (QED) is 0.730. The van der Waals surface area contributed by atoms with Crippen LogP contribution < -0.4 is 10.6 Å². The van der Waals surface area contributed by atoms with Crippen molar-refractivity contribution in [2.75, 3.05) is 19.0 Å². The number of aromatic nitrogens is 2. The van der Waals surface area contributed by atoms with E-state index in [0.29, 0.717) is 18.8 Å². The summed E-state index contributed by atoms with van der Waals surface area (Å²) in [6.45, 7) is 6.32. The zero-order valence-corrected chi connectivity index (χ0v) is 12.7. The summed E-state index contributed by atoms with van der Waals surface area (Å²) in [7, 11) is 1.59. The van der Waals surface area contributed by atoms with Gasteiger partial charge in [0, 0.05) is 13.3 Å². The van der Waals surface area contributed by atoms with Gasteiger partial charge in [0.15, 0.2) is 0 Å². The van der Waals surface area contributed by atoms with Crippen molar-refractivity contribution < 1.29 is 19.4 Å². The summed E-state index contributed by atoms with van der Waals surface area (Å²) >= 11 is 0. The molecular weight excluding hydrogens is 276 g/mol. The zero-order valence-electron chi connectivity index (χ0n) is 12.7. The second-order valence-corrected chi connectivity index (χ2v) is 5.72. The maximum atomic E-state index is 11.9. The summed E-state index contributed by atoms with van der Waals surface area (Å²) in [6, 6.07) is -1.57. The third-order valence-electron chi connectivity index (χ3n) is 2.80. The van der Waals surface area contributed by atoms with Crippen LogP contribution >= 0.6 is 0 Å². The van der Waals surface area contributed by atoms with Crippen molar-refractivity contribution in [3.63, 3.8) is 0 Å². The lowest BCUT2D eigenvalue weighted by atomic mass is 9.87. The number of rotatable bonds is 6. The molecule has 1 aromatic rings. The van der Waals surface area contributed by atoms with Crippen molar-refractivity contribution in [1.82, 2.24) is 15.1 Å². The summed E-state index contributed by atoms with van der Waals surface area (Å²) in [5.41, 5.74) is -0.104. The first-order chi connectivity index (χ1) is 9.74. The van der Waals surface area contributed by atoms with Gasteiger partial charge in [-0.05, 0) is 5.41 Å². The Kier molecular flexibility index (Phi) is 5.71. The lowest BCUT2D eigenvalue weighted by molar-refractivity contribution is -0.141. The summed E-state index contributed by atoms with van der Waals surface area (Å²) in [5.74, 6) is -1.08. The summed E-state index contributed by atoms with van der Waals surface area (Å²) < 4.78 is 6.55. The summed E-state index contributed by atoms with van der Waals surface area (Å²) in [6.07, 6.45) is 3.13. The molecule has 1 rings (SSSR count). The highest BCUT2D eigenvalue weighted by molar-refractivity contribution is 5.92. The molecule has 0 fully saturated rings. The molecule has 0 saturated heterocycles. The van der Waals surface area contributed by atoms with Gasteiger partial charge < -0.3 is 20.5 Å². The summed E-state index contributed by atoms with van der Waals surface area (Å²) in [4.78, 5) is 23.0.